The Hall–Kier alpha value is -1.24. The first-order valence-electron chi connectivity index (χ1n) is 6.16. The van der Waals surface area contributed by atoms with Gasteiger partial charge in [0.05, 0.1) is 0 Å². The molecular weight excluding hydrogens is 194 g/mol. The van der Waals surface area contributed by atoms with E-state index < -0.39 is 0 Å². The van der Waals surface area contributed by atoms with Crippen molar-refractivity contribution >= 4 is 5.69 Å². The lowest BCUT2D eigenvalue weighted by Gasteiger charge is -2.26. The number of anilines is 1. The lowest BCUT2D eigenvalue weighted by molar-refractivity contribution is 0.627. The Morgan fingerprint density at radius 3 is 2.56 bits per heavy atom. The van der Waals surface area contributed by atoms with E-state index in [2.05, 4.69) is 62.9 Å². The maximum Gasteiger partial charge on any atom is 0.0450 e. The molecular formula is C15H21N. The molecule has 0 bridgehead atoms. The first-order valence-corrected chi connectivity index (χ1v) is 6.16. The molecule has 0 saturated carbocycles. The van der Waals surface area contributed by atoms with Crippen LogP contribution in [0.15, 0.2) is 36.0 Å². The molecule has 0 radical (unpaired) electrons. The molecule has 0 amide bonds. The normalized spacial score (nSPS) is 20.2. The highest BCUT2D eigenvalue weighted by atomic mass is 15.2. The minimum absolute atomic E-state index is 0.153. The summed E-state index contributed by atoms with van der Waals surface area (Å²) in [4.78, 5) is 2.47. The SMILES string of the molecule is C/C=C1/N(CCC)c2ccccc2C1(C)C. The average molecular weight is 215 g/mol. The molecule has 1 aromatic carbocycles. The molecule has 0 unspecified atom stereocenters. The van der Waals surface area contributed by atoms with Gasteiger partial charge in [0.2, 0.25) is 0 Å². The average Bonchev–Trinajstić information content (AvgIpc) is 2.49. The van der Waals surface area contributed by atoms with Crippen LogP contribution < -0.4 is 4.90 Å². The molecule has 1 aromatic rings. The third-order valence-corrected chi connectivity index (χ3v) is 3.52. The van der Waals surface area contributed by atoms with Gasteiger partial charge < -0.3 is 4.90 Å². The van der Waals surface area contributed by atoms with E-state index in [4.69, 9.17) is 0 Å². The van der Waals surface area contributed by atoms with Crippen LogP contribution in [0.2, 0.25) is 0 Å². The topological polar surface area (TPSA) is 3.24 Å². The van der Waals surface area contributed by atoms with E-state index >= 15 is 0 Å². The number of hydrogen-bond acceptors (Lipinski definition) is 1. The molecule has 16 heavy (non-hydrogen) atoms. The highest BCUT2D eigenvalue weighted by Gasteiger charge is 2.38. The molecule has 0 aliphatic carbocycles. The van der Waals surface area contributed by atoms with Gasteiger partial charge in [0.25, 0.3) is 0 Å². The highest BCUT2D eigenvalue weighted by Crippen LogP contribution is 2.47. The largest absolute Gasteiger partial charge is 0.344 e. The van der Waals surface area contributed by atoms with Crippen molar-refractivity contribution in [2.75, 3.05) is 11.4 Å². The van der Waals surface area contributed by atoms with Crippen LogP contribution in [-0.4, -0.2) is 6.54 Å². The molecule has 0 aromatic heterocycles. The van der Waals surface area contributed by atoms with Gasteiger partial charge in [-0.3, -0.25) is 0 Å². The van der Waals surface area contributed by atoms with Gasteiger partial charge in [-0.05, 0) is 25.0 Å². The van der Waals surface area contributed by atoms with Gasteiger partial charge in [0.1, 0.15) is 0 Å². The summed E-state index contributed by atoms with van der Waals surface area (Å²) in [7, 11) is 0. The monoisotopic (exact) mass is 215 g/mol. The number of fused-ring (bicyclic) bond motifs is 1. The van der Waals surface area contributed by atoms with Crippen LogP contribution in [-0.2, 0) is 5.41 Å². The predicted molar refractivity (Wildman–Crippen MR) is 70.9 cm³/mol. The van der Waals surface area contributed by atoms with Gasteiger partial charge in [0.15, 0.2) is 0 Å². The Morgan fingerprint density at radius 2 is 1.94 bits per heavy atom. The molecule has 1 heterocycles. The molecule has 1 nitrogen and oxygen atoms in total. The molecule has 86 valence electrons. The fourth-order valence-corrected chi connectivity index (χ4v) is 2.82. The molecule has 0 N–H and O–H groups in total. The molecule has 0 atom stereocenters. The first-order chi connectivity index (χ1) is 7.62. The van der Waals surface area contributed by atoms with Crippen molar-refractivity contribution in [3.8, 4) is 0 Å². The molecule has 1 aliphatic rings. The van der Waals surface area contributed by atoms with E-state index in [-0.39, 0.29) is 5.41 Å². The zero-order valence-electron chi connectivity index (χ0n) is 10.7. The molecule has 2 rings (SSSR count). The van der Waals surface area contributed by atoms with Gasteiger partial charge in [-0.1, -0.05) is 45.0 Å². The second-order valence-corrected chi connectivity index (χ2v) is 4.97. The van der Waals surface area contributed by atoms with Gasteiger partial charge in [0, 0.05) is 23.3 Å². The summed E-state index contributed by atoms with van der Waals surface area (Å²) in [5.41, 5.74) is 4.44. The van der Waals surface area contributed by atoms with E-state index in [9.17, 15) is 0 Å². The Kier molecular flexibility index (Phi) is 2.79. The molecule has 0 saturated heterocycles. The highest BCUT2D eigenvalue weighted by molar-refractivity contribution is 5.70. The zero-order chi connectivity index (χ0) is 11.8. The van der Waals surface area contributed by atoms with E-state index in [0.717, 1.165) is 6.54 Å². The maximum atomic E-state index is 2.47. The Labute approximate surface area is 98.8 Å². The Balaban J connectivity index is 2.56. The summed E-state index contributed by atoms with van der Waals surface area (Å²) >= 11 is 0. The summed E-state index contributed by atoms with van der Waals surface area (Å²) in [5, 5.41) is 0. The fourth-order valence-electron chi connectivity index (χ4n) is 2.82. The second-order valence-electron chi connectivity index (χ2n) is 4.97. The van der Waals surface area contributed by atoms with Crippen molar-refractivity contribution in [3.05, 3.63) is 41.6 Å². The summed E-state index contributed by atoms with van der Waals surface area (Å²) in [6, 6.07) is 8.78. The van der Waals surface area contributed by atoms with Crippen molar-refractivity contribution in [2.45, 2.75) is 39.5 Å². The number of rotatable bonds is 2. The standard InChI is InChI=1S/C15H21N/c1-5-11-16-13-10-8-7-9-12(13)15(3,4)14(16)6-2/h6-10H,5,11H2,1-4H3/b14-6+. The quantitative estimate of drug-likeness (QED) is 0.718. The molecule has 1 aliphatic heterocycles. The molecule has 0 fully saturated rings. The predicted octanol–water partition coefficient (Wildman–Crippen LogP) is 4.10. The Morgan fingerprint density at radius 1 is 1.25 bits per heavy atom. The lowest BCUT2D eigenvalue weighted by atomic mass is 9.84. The van der Waals surface area contributed by atoms with Gasteiger partial charge in [-0.2, -0.15) is 0 Å². The molecule has 0 spiro atoms. The summed E-state index contributed by atoms with van der Waals surface area (Å²) in [5.74, 6) is 0. The van der Waals surface area contributed by atoms with Crippen molar-refractivity contribution < 1.29 is 0 Å². The van der Waals surface area contributed by atoms with E-state index in [1.807, 2.05) is 0 Å². The Bertz CT molecular complexity index is 415. The number of hydrogen-bond donors (Lipinski definition) is 0. The number of allylic oxidation sites excluding steroid dienone is 2. The van der Waals surface area contributed by atoms with Crippen LogP contribution >= 0.6 is 0 Å². The maximum absolute atomic E-state index is 2.47. The fraction of sp³-hybridized carbons (Fsp3) is 0.467. The second kappa shape index (κ2) is 3.97. The summed E-state index contributed by atoms with van der Waals surface area (Å²) in [6.45, 7) is 10.1. The van der Waals surface area contributed by atoms with Crippen LogP contribution in [0.5, 0.6) is 0 Å². The van der Waals surface area contributed by atoms with Crippen molar-refractivity contribution in [1.82, 2.24) is 0 Å². The van der Waals surface area contributed by atoms with Crippen molar-refractivity contribution in [1.29, 1.82) is 0 Å². The van der Waals surface area contributed by atoms with Crippen LogP contribution in [0.3, 0.4) is 0 Å². The summed E-state index contributed by atoms with van der Waals surface area (Å²) in [6.07, 6.45) is 3.44. The van der Waals surface area contributed by atoms with Crippen molar-refractivity contribution in [2.24, 2.45) is 0 Å². The van der Waals surface area contributed by atoms with Crippen LogP contribution in [0, 0.1) is 0 Å². The summed E-state index contributed by atoms with van der Waals surface area (Å²) < 4.78 is 0. The van der Waals surface area contributed by atoms with Crippen LogP contribution in [0.4, 0.5) is 5.69 Å². The number of nitrogens with zero attached hydrogens (tertiary/aromatic N) is 1. The number of para-hydroxylation sites is 1. The zero-order valence-corrected chi connectivity index (χ0v) is 10.7. The first kappa shape index (κ1) is 11.3. The molecule has 1 heteroatoms. The van der Waals surface area contributed by atoms with Crippen LogP contribution in [0.1, 0.15) is 39.7 Å². The van der Waals surface area contributed by atoms with E-state index in [1.165, 1.54) is 23.4 Å². The smallest absolute Gasteiger partial charge is 0.0450 e. The number of benzene rings is 1. The third-order valence-electron chi connectivity index (χ3n) is 3.52. The lowest BCUT2D eigenvalue weighted by Crippen LogP contribution is -2.26. The minimum atomic E-state index is 0.153. The van der Waals surface area contributed by atoms with E-state index in [1.54, 1.807) is 0 Å². The third kappa shape index (κ3) is 1.46. The van der Waals surface area contributed by atoms with Crippen LogP contribution in [0.25, 0.3) is 0 Å². The van der Waals surface area contributed by atoms with Gasteiger partial charge >= 0.3 is 0 Å². The van der Waals surface area contributed by atoms with Crippen molar-refractivity contribution in [3.63, 3.8) is 0 Å². The minimum Gasteiger partial charge on any atom is -0.344 e. The van der Waals surface area contributed by atoms with Gasteiger partial charge in [-0.25, -0.2) is 0 Å². The van der Waals surface area contributed by atoms with E-state index in [0.29, 0.717) is 0 Å². The van der Waals surface area contributed by atoms with Gasteiger partial charge in [-0.15, -0.1) is 0 Å².